The molecule has 0 radical (unpaired) electrons. The summed E-state index contributed by atoms with van der Waals surface area (Å²) < 4.78 is 5.37. The van der Waals surface area contributed by atoms with Gasteiger partial charge in [-0.2, -0.15) is 0 Å². The van der Waals surface area contributed by atoms with Gasteiger partial charge < -0.3 is 4.74 Å². The average Bonchev–Trinajstić information content (AvgIpc) is 2.46. The predicted molar refractivity (Wildman–Crippen MR) is 77.7 cm³/mol. The van der Waals surface area contributed by atoms with E-state index in [4.69, 9.17) is 4.74 Å². The summed E-state index contributed by atoms with van der Waals surface area (Å²) in [6.45, 7) is 9.62. The molecular weight excluding hydrogens is 236 g/mol. The van der Waals surface area contributed by atoms with Crippen molar-refractivity contribution in [3.05, 3.63) is 35.4 Å². The summed E-state index contributed by atoms with van der Waals surface area (Å²) in [6.07, 6.45) is 0. The van der Waals surface area contributed by atoms with Crippen molar-refractivity contribution in [3.63, 3.8) is 0 Å². The van der Waals surface area contributed by atoms with E-state index in [1.165, 1.54) is 5.56 Å². The molecule has 2 rings (SSSR count). The maximum absolute atomic E-state index is 5.37. The second kappa shape index (κ2) is 7.30. The first-order valence-corrected chi connectivity index (χ1v) is 6.92. The van der Waals surface area contributed by atoms with Crippen LogP contribution in [-0.4, -0.2) is 49.4 Å². The van der Waals surface area contributed by atoms with Crippen molar-refractivity contribution in [2.24, 2.45) is 0 Å². The van der Waals surface area contributed by atoms with Gasteiger partial charge in [-0.15, -0.1) is 0 Å². The molecule has 0 aromatic heterocycles. The molecule has 0 bridgehead atoms. The number of hydrogen-bond donors (Lipinski definition) is 0. The van der Waals surface area contributed by atoms with Crippen molar-refractivity contribution in [1.29, 1.82) is 0 Å². The minimum absolute atomic E-state index is 0.782. The van der Waals surface area contributed by atoms with Crippen molar-refractivity contribution in [1.82, 2.24) is 10.0 Å². The third-order valence-corrected chi connectivity index (χ3v) is 3.30. The van der Waals surface area contributed by atoms with Gasteiger partial charge in [0.05, 0.1) is 19.8 Å². The Kier molecular flexibility index (Phi) is 5.41. The second-order valence-corrected chi connectivity index (χ2v) is 4.71. The molecule has 0 atom stereocenters. The number of aryl methyl sites for hydroxylation is 1. The maximum atomic E-state index is 5.37. The molecular formula is C16H22N2O. The standard InChI is InChI=1S/C16H22N2O/c1-3-17(18-11-13-19-14-12-18)10-4-5-16-8-6-15(2)7-9-16/h6-9H,3,10-14H2,1-2H3. The molecule has 0 unspecified atom stereocenters. The van der Waals surface area contributed by atoms with E-state index < -0.39 is 0 Å². The topological polar surface area (TPSA) is 15.7 Å². The van der Waals surface area contributed by atoms with Crippen LogP contribution < -0.4 is 0 Å². The van der Waals surface area contributed by atoms with Crippen molar-refractivity contribution in [3.8, 4) is 11.8 Å². The van der Waals surface area contributed by atoms with Crippen LogP contribution in [0.4, 0.5) is 0 Å². The van der Waals surface area contributed by atoms with Crippen LogP contribution in [0, 0.1) is 18.8 Å². The van der Waals surface area contributed by atoms with E-state index in [0.717, 1.165) is 45.0 Å². The monoisotopic (exact) mass is 258 g/mol. The molecule has 1 aromatic rings. The highest BCUT2D eigenvalue weighted by Crippen LogP contribution is 2.03. The second-order valence-electron chi connectivity index (χ2n) is 4.71. The largest absolute Gasteiger partial charge is 0.379 e. The summed E-state index contributed by atoms with van der Waals surface area (Å²) in [4.78, 5) is 0. The SMILES string of the molecule is CCN(CC#Cc1ccc(C)cc1)N1CCOCC1. The van der Waals surface area contributed by atoms with Crippen molar-refractivity contribution in [2.45, 2.75) is 13.8 Å². The van der Waals surface area contributed by atoms with Gasteiger partial charge in [0.1, 0.15) is 0 Å². The molecule has 0 aliphatic carbocycles. The average molecular weight is 258 g/mol. The number of rotatable bonds is 3. The van der Waals surface area contributed by atoms with Gasteiger partial charge in [-0.3, -0.25) is 0 Å². The Balaban J connectivity index is 1.90. The number of nitrogens with zero attached hydrogens (tertiary/aromatic N) is 2. The van der Waals surface area contributed by atoms with Gasteiger partial charge in [0.15, 0.2) is 0 Å². The minimum Gasteiger partial charge on any atom is -0.379 e. The van der Waals surface area contributed by atoms with E-state index >= 15 is 0 Å². The van der Waals surface area contributed by atoms with E-state index in [1.54, 1.807) is 0 Å². The summed E-state index contributed by atoms with van der Waals surface area (Å²) >= 11 is 0. The van der Waals surface area contributed by atoms with E-state index in [0.29, 0.717) is 0 Å². The Morgan fingerprint density at radius 2 is 1.89 bits per heavy atom. The van der Waals surface area contributed by atoms with Crippen LogP contribution in [0.5, 0.6) is 0 Å². The Bertz CT molecular complexity index is 438. The number of morpholine rings is 1. The molecule has 3 nitrogen and oxygen atoms in total. The number of benzene rings is 1. The Labute approximate surface area is 116 Å². The normalized spacial score (nSPS) is 16.2. The fourth-order valence-corrected chi connectivity index (χ4v) is 2.12. The first-order chi connectivity index (χ1) is 9.29. The van der Waals surface area contributed by atoms with Gasteiger partial charge in [0.2, 0.25) is 0 Å². The summed E-state index contributed by atoms with van der Waals surface area (Å²) in [5.74, 6) is 6.49. The molecule has 0 amide bonds. The van der Waals surface area contributed by atoms with Crippen LogP contribution in [0.15, 0.2) is 24.3 Å². The first kappa shape index (κ1) is 14.1. The van der Waals surface area contributed by atoms with Crippen LogP contribution in [0.1, 0.15) is 18.1 Å². The lowest BCUT2D eigenvalue weighted by atomic mass is 10.1. The van der Waals surface area contributed by atoms with Gasteiger partial charge in [0.25, 0.3) is 0 Å². The number of hydrazine groups is 1. The molecule has 0 spiro atoms. The first-order valence-electron chi connectivity index (χ1n) is 6.92. The Morgan fingerprint density at radius 3 is 2.53 bits per heavy atom. The van der Waals surface area contributed by atoms with Crippen molar-refractivity contribution in [2.75, 3.05) is 39.4 Å². The van der Waals surface area contributed by atoms with E-state index in [-0.39, 0.29) is 0 Å². The molecule has 1 aliphatic heterocycles. The molecule has 0 saturated carbocycles. The third-order valence-electron chi connectivity index (χ3n) is 3.30. The molecule has 0 N–H and O–H groups in total. The summed E-state index contributed by atoms with van der Waals surface area (Å²) in [7, 11) is 0. The van der Waals surface area contributed by atoms with Gasteiger partial charge in [-0.05, 0) is 19.1 Å². The third kappa shape index (κ3) is 4.36. The number of hydrogen-bond acceptors (Lipinski definition) is 3. The van der Waals surface area contributed by atoms with Gasteiger partial charge >= 0.3 is 0 Å². The molecule has 1 heterocycles. The van der Waals surface area contributed by atoms with Crippen molar-refractivity contribution < 1.29 is 4.74 Å². The van der Waals surface area contributed by atoms with Crippen molar-refractivity contribution >= 4 is 0 Å². The van der Waals surface area contributed by atoms with Crippen LogP contribution in [0.25, 0.3) is 0 Å². The number of ether oxygens (including phenoxy) is 1. The fraction of sp³-hybridized carbons (Fsp3) is 0.500. The highest BCUT2D eigenvalue weighted by molar-refractivity contribution is 5.35. The maximum Gasteiger partial charge on any atom is 0.0748 e. The van der Waals surface area contributed by atoms with E-state index in [9.17, 15) is 0 Å². The van der Waals surface area contributed by atoms with Gasteiger partial charge in [-0.1, -0.05) is 36.5 Å². The Morgan fingerprint density at radius 1 is 1.21 bits per heavy atom. The van der Waals surface area contributed by atoms with Gasteiger partial charge in [0, 0.05) is 25.2 Å². The minimum atomic E-state index is 0.782. The molecule has 1 saturated heterocycles. The molecule has 1 aliphatic rings. The molecule has 102 valence electrons. The summed E-state index contributed by atoms with van der Waals surface area (Å²) in [5.41, 5.74) is 2.36. The van der Waals surface area contributed by atoms with Crippen LogP contribution in [-0.2, 0) is 4.74 Å². The fourth-order valence-electron chi connectivity index (χ4n) is 2.12. The highest BCUT2D eigenvalue weighted by Gasteiger charge is 2.15. The van der Waals surface area contributed by atoms with Gasteiger partial charge in [-0.25, -0.2) is 10.0 Å². The zero-order valence-electron chi connectivity index (χ0n) is 11.9. The zero-order valence-corrected chi connectivity index (χ0v) is 11.9. The lowest BCUT2D eigenvalue weighted by Crippen LogP contribution is -2.48. The Hall–Kier alpha value is -1.34. The van der Waals surface area contributed by atoms with E-state index in [1.807, 2.05) is 0 Å². The summed E-state index contributed by atoms with van der Waals surface area (Å²) in [6, 6.07) is 8.36. The molecule has 19 heavy (non-hydrogen) atoms. The van der Waals surface area contributed by atoms with Crippen LogP contribution in [0.2, 0.25) is 0 Å². The molecule has 1 fully saturated rings. The predicted octanol–water partition coefficient (Wildman–Crippen LogP) is 1.92. The molecule has 1 aromatic carbocycles. The van der Waals surface area contributed by atoms with E-state index in [2.05, 4.69) is 60.0 Å². The van der Waals surface area contributed by atoms with Crippen LogP contribution in [0.3, 0.4) is 0 Å². The zero-order chi connectivity index (χ0) is 13.5. The quantitative estimate of drug-likeness (QED) is 0.770. The summed E-state index contributed by atoms with van der Waals surface area (Å²) in [5, 5.41) is 4.64. The lowest BCUT2D eigenvalue weighted by molar-refractivity contribution is -0.0802. The highest BCUT2D eigenvalue weighted by atomic mass is 16.5. The smallest absolute Gasteiger partial charge is 0.0748 e. The van der Waals surface area contributed by atoms with Crippen LogP contribution >= 0.6 is 0 Å². The molecule has 3 heteroatoms. The lowest BCUT2D eigenvalue weighted by Gasteiger charge is -2.35.